The third kappa shape index (κ3) is 3.36. The summed E-state index contributed by atoms with van der Waals surface area (Å²) < 4.78 is 0. The van der Waals surface area contributed by atoms with Gasteiger partial charge in [0.25, 0.3) is 0 Å². The summed E-state index contributed by atoms with van der Waals surface area (Å²) in [7, 11) is 0. The first kappa shape index (κ1) is 16.8. The van der Waals surface area contributed by atoms with Crippen molar-refractivity contribution in [2.45, 2.75) is 6.92 Å². The standard InChI is InChI=1S/C25H18N2/c1-18-9-8-14-24(27-18)21-15-22(17-26)25(20-12-6-3-7-13-20)23(16-21)19-10-4-2-5-11-19/h2-16H,1H3. The van der Waals surface area contributed by atoms with Crippen molar-refractivity contribution < 1.29 is 0 Å². The molecule has 0 aliphatic rings. The van der Waals surface area contributed by atoms with Gasteiger partial charge in [-0.25, -0.2) is 0 Å². The lowest BCUT2D eigenvalue weighted by Gasteiger charge is -2.15. The number of pyridine rings is 1. The number of hydrogen-bond acceptors (Lipinski definition) is 2. The third-order valence-electron chi connectivity index (χ3n) is 4.59. The molecule has 3 aromatic carbocycles. The van der Waals surface area contributed by atoms with Crippen LogP contribution in [0.25, 0.3) is 33.5 Å². The first-order valence-corrected chi connectivity index (χ1v) is 8.89. The maximum Gasteiger partial charge on any atom is 0.0998 e. The Labute approximate surface area is 159 Å². The molecule has 0 amide bonds. The molecule has 0 saturated carbocycles. The van der Waals surface area contributed by atoms with Crippen LogP contribution in [0.15, 0.2) is 91.0 Å². The van der Waals surface area contributed by atoms with Gasteiger partial charge in [-0.05, 0) is 47.9 Å². The minimum Gasteiger partial charge on any atom is -0.253 e. The summed E-state index contributed by atoms with van der Waals surface area (Å²) in [6.07, 6.45) is 0. The SMILES string of the molecule is Cc1cccc(-c2cc(C#N)c(-c3ccccc3)c(-c3ccccc3)c2)n1. The highest BCUT2D eigenvalue weighted by Gasteiger charge is 2.15. The van der Waals surface area contributed by atoms with Crippen molar-refractivity contribution in [3.63, 3.8) is 0 Å². The molecule has 2 heteroatoms. The summed E-state index contributed by atoms with van der Waals surface area (Å²) in [5.41, 5.74) is 7.57. The number of nitriles is 1. The molecular weight excluding hydrogens is 328 g/mol. The Hall–Kier alpha value is -3.70. The highest BCUT2D eigenvalue weighted by Crippen LogP contribution is 2.38. The van der Waals surface area contributed by atoms with Gasteiger partial charge >= 0.3 is 0 Å². The largest absolute Gasteiger partial charge is 0.253 e. The van der Waals surface area contributed by atoms with Crippen molar-refractivity contribution in [1.29, 1.82) is 5.26 Å². The quantitative estimate of drug-likeness (QED) is 0.439. The number of nitrogens with zero attached hydrogens (tertiary/aromatic N) is 2. The van der Waals surface area contributed by atoms with Crippen LogP contribution in [0.2, 0.25) is 0 Å². The van der Waals surface area contributed by atoms with Crippen molar-refractivity contribution in [3.8, 4) is 39.6 Å². The van der Waals surface area contributed by atoms with E-state index in [2.05, 4.69) is 29.3 Å². The fourth-order valence-corrected chi connectivity index (χ4v) is 3.34. The molecule has 4 aromatic rings. The maximum absolute atomic E-state index is 9.91. The Morgan fingerprint density at radius 1 is 0.704 bits per heavy atom. The summed E-state index contributed by atoms with van der Waals surface area (Å²) in [5, 5.41) is 9.91. The van der Waals surface area contributed by atoms with Crippen LogP contribution in [0, 0.1) is 18.3 Å². The second-order valence-electron chi connectivity index (χ2n) is 6.45. The Bertz CT molecular complexity index is 1120. The van der Waals surface area contributed by atoms with Gasteiger partial charge in [-0.15, -0.1) is 0 Å². The van der Waals surface area contributed by atoms with Crippen molar-refractivity contribution in [3.05, 3.63) is 102 Å². The molecule has 4 rings (SSSR count). The first-order chi connectivity index (χ1) is 13.3. The van der Waals surface area contributed by atoms with Crippen LogP contribution in [0.3, 0.4) is 0 Å². The average Bonchev–Trinajstić information content (AvgIpc) is 2.74. The van der Waals surface area contributed by atoms with Crippen LogP contribution in [0.5, 0.6) is 0 Å². The molecule has 0 N–H and O–H groups in total. The van der Waals surface area contributed by atoms with Gasteiger partial charge in [0, 0.05) is 16.8 Å². The van der Waals surface area contributed by atoms with E-state index in [9.17, 15) is 5.26 Å². The van der Waals surface area contributed by atoms with E-state index in [-0.39, 0.29) is 0 Å². The molecule has 0 aliphatic heterocycles. The molecule has 0 radical (unpaired) electrons. The van der Waals surface area contributed by atoms with Crippen molar-refractivity contribution >= 4 is 0 Å². The Morgan fingerprint density at radius 2 is 1.37 bits per heavy atom. The highest BCUT2D eigenvalue weighted by atomic mass is 14.7. The molecular formula is C25H18N2. The van der Waals surface area contributed by atoms with E-state index < -0.39 is 0 Å². The maximum atomic E-state index is 9.91. The Morgan fingerprint density at radius 3 is 2.00 bits per heavy atom. The predicted octanol–water partition coefficient (Wildman–Crippen LogP) is 6.26. The van der Waals surface area contributed by atoms with Crippen LogP contribution in [-0.4, -0.2) is 4.98 Å². The van der Waals surface area contributed by atoms with Gasteiger partial charge in [0.1, 0.15) is 0 Å². The highest BCUT2D eigenvalue weighted by molar-refractivity contribution is 5.90. The first-order valence-electron chi connectivity index (χ1n) is 8.89. The molecule has 0 spiro atoms. The van der Waals surface area contributed by atoms with Gasteiger partial charge in [0.2, 0.25) is 0 Å². The van der Waals surface area contributed by atoms with E-state index in [4.69, 9.17) is 0 Å². The molecule has 0 atom stereocenters. The van der Waals surface area contributed by atoms with Crippen LogP contribution >= 0.6 is 0 Å². The van der Waals surface area contributed by atoms with Gasteiger partial charge in [0.15, 0.2) is 0 Å². The van der Waals surface area contributed by atoms with Crippen LogP contribution in [0.1, 0.15) is 11.3 Å². The fraction of sp³-hybridized carbons (Fsp3) is 0.0400. The normalized spacial score (nSPS) is 10.4. The molecule has 1 heterocycles. The van der Waals surface area contributed by atoms with Gasteiger partial charge in [-0.3, -0.25) is 4.98 Å². The zero-order chi connectivity index (χ0) is 18.6. The lowest BCUT2D eigenvalue weighted by atomic mass is 9.88. The van der Waals surface area contributed by atoms with Crippen molar-refractivity contribution in [2.24, 2.45) is 0 Å². The van der Waals surface area contributed by atoms with Crippen molar-refractivity contribution in [2.75, 3.05) is 0 Å². The van der Waals surface area contributed by atoms with Crippen LogP contribution < -0.4 is 0 Å². The minimum absolute atomic E-state index is 0.654. The molecule has 0 aliphatic carbocycles. The van der Waals surface area contributed by atoms with Crippen LogP contribution in [0.4, 0.5) is 0 Å². The molecule has 0 bridgehead atoms. The molecule has 0 fully saturated rings. The number of hydrogen-bond donors (Lipinski definition) is 0. The summed E-state index contributed by atoms with van der Waals surface area (Å²) in [6, 6.07) is 32.7. The summed E-state index contributed by atoms with van der Waals surface area (Å²) >= 11 is 0. The van der Waals surface area contributed by atoms with Crippen LogP contribution in [-0.2, 0) is 0 Å². The lowest BCUT2D eigenvalue weighted by molar-refractivity contribution is 1.20. The van der Waals surface area contributed by atoms with Crippen molar-refractivity contribution in [1.82, 2.24) is 4.98 Å². The number of rotatable bonds is 3. The molecule has 1 aromatic heterocycles. The third-order valence-corrected chi connectivity index (χ3v) is 4.59. The minimum atomic E-state index is 0.654. The second-order valence-corrected chi connectivity index (χ2v) is 6.45. The molecule has 0 saturated heterocycles. The van der Waals surface area contributed by atoms with Gasteiger partial charge in [0.05, 0.1) is 17.3 Å². The van der Waals surface area contributed by atoms with E-state index in [1.165, 1.54) is 0 Å². The van der Waals surface area contributed by atoms with E-state index in [0.717, 1.165) is 39.2 Å². The monoisotopic (exact) mass is 346 g/mol. The molecule has 128 valence electrons. The zero-order valence-electron chi connectivity index (χ0n) is 15.1. The zero-order valence-corrected chi connectivity index (χ0v) is 15.1. The topological polar surface area (TPSA) is 36.7 Å². The summed E-state index contributed by atoms with van der Waals surface area (Å²) in [5.74, 6) is 0. The molecule has 27 heavy (non-hydrogen) atoms. The number of aromatic nitrogens is 1. The lowest BCUT2D eigenvalue weighted by Crippen LogP contribution is -1.94. The van der Waals surface area contributed by atoms with Gasteiger partial charge in [-0.2, -0.15) is 5.26 Å². The fourth-order valence-electron chi connectivity index (χ4n) is 3.34. The van der Waals surface area contributed by atoms with Gasteiger partial charge in [-0.1, -0.05) is 66.7 Å². The average molecular weight is 346 g/mol. The smallest absolute Gasteiger partial charge is 0.0998 e. The van der Waals surface area contributed by atoms with E-state index in [1.54, 1.807) is 0 Å². The van der Waals surface area contributed by atoms with E-state index >= 15 is 0 Å². The summed E-state index contributed by atoms with van der Waals surface area (Å²) in [4.78, 5) is 4.65. The second kappa shape index (κ2) is 7.27. The summed E-state index contributed by atoms with van der Waals surface area (Å²) in [6.45, 7) is 1.98. The molecule has 0 unspecified atom stereocenters. The predicted molar refractivity (Wildman–Crippen MR) is 110 cm³/mol. The van der Waals surface area contributed by atoms with E-state index in [1.807, 2.05) is 79.7 Å². The number of aryl methyl sites for hydroxylation is 1. The Balaban J connectivity index is 2.03. The van der Waals surface area contributed by atoms with Gasteiger partial charge < -0.3 is 0 Å². The van der Waals surface area contributed by atoms with E-state index in [0.29, 0.717) is 5.56 Å². The molecule has 2 nitrogen and oxygen atoms in total. The Kier molecular flexibility index (Phi) is 4.51. The number of benzene rings is 3.